The molecule has 0 radical (unpaired) electrons. The van der Waals surface area contributed by atoms with Gasteiger partial charge >= 0.3 is 0 Å². The van der Waals surface area contributed by atoms with E-state index in [-0.39, 0.29) is 28.7 Å². The average Bonchev–Trinajstić information content (AvgIpc) is 3.39. The number of ether oxygens (including phenoxy) is 3. The molecule has 1 aromatic carbocycles. The van der Waals surface area contributed by atoms with Gasteiger partial charge in [-0.15, -0.1) is 0 Å². The average molecular weight is 436 g/mol. The largest absolute Gasteiger partial charge is 0.454 e. The molecule has 2 aromatic rings. The van der Waals surface area contributed by atoms with Crippen molar-refractivity contribution in [3.05, 3.63) is 41.7 Å². The van der Waals surface area contributed by atoms with Crippen LogP contribution in [-0.2, 0) is 27.2 Å². The minimum atomic E-state index is -3.62. The van der Waals surface area contributed by atoms with Gasteiger partial charge in [0.2, 0.25) is 16.8 Å². The van der Waals surface area contributed by atoms with E-state index in [1.807, 2.05) is 18.2 Å². The van der Waals surface area contributed by atoms with Crippen LogP contribution in [0.2, 0.25) is 0 Å². The van der Waals surface area contributed by atoms with Crippen LogP contribution in [0.5, 0.6) is 11.5 Å². The van der Waals surface area contributed by atoms with Crippen LogP contribution in [-0.4, -0.2) is 52.5 Å². The third kappa shape index (κ3) is 3.78. The summed E-state index contributed by atoms with van der Waals surface area (Å²) < 4.78 is 44.3. The SMILES string of the molecule is CNS(=O)(=O)c1cc(C(=O)NCC2(c3ccc4c(c3)OCO4)CCOCC2)n(C)c1. The maximum absolute atomic E-state index is 12.9. The Morgan fingerprint density at radius 3 is 2.63 bits per heavy atom. The van der Waals surface area contributed by atoms with Gasteiger partial charge in [0, 0.05) is 38.4 Å². The molecule has 0 spiro atoms. The molecule has 0 bridgehead atoms. The van der Waals surface area contributed by atoms with E-state index >= 15 is 0 Å². The first-order valence-electron chi connectivity index (χ1n) is 9.71. The molecule has 162 valence electrons. The molecule has 9 nitrogen and oxygen atoms in total. The molecule has 1 fully saturated rings. The van der Waals surface area contributed by atoms with Gasteiger partial charge in [0.15, 0.2) is 11.5 Å². The molecule has 10 heteroatoms. The van der Waals surface area contributed by atoms with Crippen molar-refractivity contribution in [2.75, 3.05) is 33.6 Å². The molecular weight excluding hydrogens is 410 g/mol. The van der Waals surface area contributed by atoms with E-state index in [0.29, 0.717) is 31.3 Å². The van der Waals surface area contributed by atoms with Gasteiger partial charge < -0.3 is 24.1 Å². The smallest absolute Gasteiger partial charge is 0.267 e. The highest BCUT2D eigenvalue weighted by Gasteiger charge is 2.36. The fraction of sp³-hybridized carbons (Fsp3) is 0.450. The molecule has 2 aliphatic rings. The van der Waals surface area contributed by atoms with Crippen LogP contribution in [0, 0.1) is 0 Å². The Bertz CT molecular complexity index is 1060. The number of rotatable bonds is 6. The van der Waals surface area contributed by atoms with Crippen molar-refractivity contribution in [2.45, 2.75) is 23.2 Å². The number of amides is 1. The van der Waals surface area contributed by atoms with Gasteiger partial charge in [-0.25, -0.2) is 13.1 Å². The van der Waals surface area contributed by atoms with Crippen molar-refractivity contribution in [1.29, 1.82) is 0 Å². The van der Waals surface area contributed by atoms with E-state index in [9.17, 15) is 13.2 Å². The number of carbonyl (C=O) groups excluding carboxylic acids is 1. The maximum Gasteiger partial charge on any atom is 0.267 e. The van der Waals surface area contributed by atoms with Crippen molar-refractivity contribution in [3.63, 3.8) is 0 Å². The Morgan fingerprint density at radius 2 is 1.90 bits per heavy atom. The van der Waals surface area contributed by atoms with E-state index in [4.69, 9.17) is 14.2 Å². The summed E-state index contributed by atoms with van der Waals surface area (Å²) in [6.07, 6.45) is 2.92. The molecule has 4 rings (SSSR count). The van der Waals surface area contributed by atoms with Gasteiger partial charge in [0.1, 0.15) is 10.6 Å². The Labute approximate surface area is 175 Å². The fourth-order valence-corrected chi connectivity index (χ4v) is 4.72. The number of fused-ring (bicyclic) bond motifs is 1. The third-order valence-electron chi connectivity index (χ3n) is 5.81. The highest BCUT2D eigenvalue weighted by Crippen LogP contribution is 2.40. The van der Waals surface area contributed by atoms with Crippen LogP contribution < -0.4 is 19.5 Å². The number of nitrogens with one attached hydrogen (secondary N) is 2. The van der Waals surface area contributed by atoms with Crippen LogP contribution in [0.3, 0.4) is 0 Å². The summed E-state index contributed by atoms with van der Waals surface area (Å²) in [7, 11) is -0.643. The van der Waals surface area contributed by atoms with Gasteiger partial charge in [-0.05, 0) is 43.7 Å². The highest BCUT2D eigenvalue weighted by molar-refractivity contribution is 7.89. The molecule has 2 aliphatic heterocycles. The number of benzene rings is 1. The summed E-state index contributed by atoms with van der Waals surface area (Å²) in [5.41, 5.74) is 1.03. The summed E-state index contributed by atoms with van der Waals surface area (Å²) in [6.45, 7) is 1.79. The predicted molar refractivity (Wildman–Crippen MR) is 108 cm³/mol. The number of carbonyl (C=O) groups is 1. The fourth-order valence-electron chi connectivity index (χ4n) is 3.92. The zero-order chi connectivity index (χ0) is 21.4. The Hall–Kier alpha value is -2.56. The minimum absolute atomic E-state index is 0.0502. The van der Waals surface area contributed by atoms with Crippen LogP contribution in [0.1, 0.15) is 28.9 Å². The van der Waals surface area contributed by atoms with Crippen molar-refractivity contribution in [2.24, 2.45) is 7.05 Å². The zero-order valence-corrected chi connectivity index (χ0v) is 17.8. The van der Waals surface area contributed by atoms with Crippen LogP contribution in [0.15, 0.2) is 35.4 Å². The molecule has 0 saturated carbocycles. The van der Waals surface area contributed by atoms with Crippen molar-refractivity contribution >= 4 is 15.9 Å². The van der Waals surface area contributed by atoms with Crippen LogP contribution in [0.25, 0.3) is 0 Å². The first kappa shape index (κ1) is 20.7. The number of sulfonamides is 1. The molecule has 1 amide bonds. The van der Waals surface area contributed by atoms with Gasteiger partial charge in [0.05, 0.1) is 0 Å². The third-order valence-corrected chi connectivity index (χ3v) is 7.20. The Morgan fingerprint density at radius 1 is 1.17 bits per heavy atom. The lowest BCUT2D eigenvalue weighted by Crippen LogP contribution is -2.44. The van der Waals surface area contributed by atoms with Crippen LogP contribution in [0.4, 0.5) is 0 Å². The summed E-state index contributed by atoms with van der Waals surface area (Å²) in [5.74, 6) is 1.09. The Balaban J connectivity index is 1.56. The predicted octanol–water partition coefficient (Wildman–Crippen LogP) is 1.14. The molecular formula is C20H25N3O6S. The lowest BCUT2D eigenvalue weighted by Gasteiger charge is -2.38. The van der Waals surface area contributed by atoms with E-state index in [0.717, 1.165) is 18.4 Å². The van der Waals surface area contributed by atoms with Crippen LogP contribution >= 0.6 is 0 Å². The van der Waals surface area contributed by atoms with Gasteiger partial charge in [-0.2, -0.15) is 0 Å². The number of aromatic nitrogens is 1. The molecule has 3 heterocycles. The quantitative estimate of drug-likeness (QED) is 0.705. The van der Waals surface area contributed by atoms with Gasteiger partial charge in [-0.1, -0.05) is 6.07 Å². The molecule has 0 unspecified atom stereocenters. The van der Waals surface area contributed by atoms with E-state index in [2.05, 4.69) is 10.0 Å². The second-order valence-corrected chi connectivity index (χ2v) is 9.41. The van der Waals surface area contributed by atoms with E-state index < -0.39 is 10.0 Å². The summed E-state index contributed by atoms with van der Waals surface area (Å²) in [5, 5.41) is 3.00. The first-order valence-corrected chi connectivity index (χ1v) is 11.2. The first-order chi connectivity index (χ1) is 14.3. The van der Waals surface area contributed by atoms with E-state index in [1.54, 1.807) is 7.05 Å². The molecule has 0 atom stereocenters. The van der Waals surface area contributed by atoms with Gasteiger partial charge in [-0.3, -0.25) is 4.79 Å². The number of nitrogens with zero attached hydrogens (tertiary/aromatic N) is 1. The molecule has 30 heavy (non-hydrogen) atoms. The summed E-state index contributed by atoms with van der Waals surface area (Å²) >= 11 is 0. The lowest BCUT2D eigenvalue weighted by molar-refractivity contribution is 0.0486. The summed E-state index contributed by atoms with van der Waals surface area (Å²) in [4.78, 5) is 12.9. The van der Waals surface area contributed by atoms with E-state index in [1.165, 1.54) is 23.9 Å². The van der Waals surface area contributed by atoms with Gasteiger partial charge in [0.25, 0.3) is 5.91 Å². The molecule has 1 aromatic heterocycles. The molecule has 0 aliphatic carbocycles. The minimum Gasteiger partial charge on any atom is -0.454 e. The van der Waals surface area contributed by atoms with Crippen molar-refractivity contribution in [3.8, 4) is 11.5 Å². The van der Waals surface area contributed by atoms with Crippen molar-refractivity contribution in [1.82, 2.24) is 14.6 Å². The Kier molecular flexibility index (Phi) is 5.48. The number of aryl methyl sites for hydroxylation is 1. The highest BCUT2D eigenvalue weighted by atomic mass is 32.2. The number of hydrogen-bond acceptors (Lipinski definition) is 6. The zero-order valence-electron chi connectivity index (χ0n) is 16.9. The second kappa shape index (κ2) is 7.93. The standard InChI is InChI=1S/C20H25N3O6S/c1-21-30(25,26)15-10-16(23(2)11-15)19(24)22-12-20(5-7-27-8-6-20)14-3-4-17-18(9-14)29-13-28-17/h3-4,9-11,21H,5-8,12-13H2,1-2H3,(H,22,24). The monoisotopic (exact) mass is 435 g/mol. The summed E-state index contributed by atoms with van der Waals surface area (Å²) in [6, 6.07) is 7.24. The maximum atomic E-state index is 12.9. The number of hydrogen-bond donors (Lipinski definition) is 2. The normalized spacial score (nSPS) is 17.7. The second-order valence-electron chi connectivity index (χ2n) is 7.52. The molecule has 1 saturated heterocycles. The molecule has 2 N–H and O–H groups in total. The topological polar surface area (TPSA) is 108 Å². The lowest BCUT2D eigenvalue weighted by atomic mass is 9.74. The van der Waals surface area contributed by atoms with Crippen molar-refractivity contribution < 1.29 is 27.4 Å².